The molecular weight excluding hydrogens is 705 g/mol. The van der Waals surface area contributed by atoms with Gasteiger partial charge in [-0.15, -0.1) is 0 Å². The number of nitrogens with zero attached hydrogens (tertiary/aromatic N) is 4. The molecular formula is C41H48N6O4S2. The highest BCUT2D eigenvalue weighted by Crippen LogP contribution is 2.36. The van der Waals surface area contributed by atoms with Crippen LogP contribution in [0.15, 0.2) is 72.8 Å². The number of likely N-dealkylation sites (tertiary alicyclic amines) is 2. The number of aromatic nitrogens is 4. The van der Waals surface area contributed by atoms with Crippen LogP contribution in [0.1, 0.15) is 84.0 Å². The van der Waals surface area contributed by atoms with Crippen LogP contribution < -0.4 is 0 Å². The molecule has 0 saturated carbocycles. The van der Waals surface area contributed by atoms with Crippen LogP contribution in [0, 0.1) is 0 Å². The van der Waals surface area contributed by atoms with Crippen LogP contribution in [0.3, 0.4) is 0 Å². The van der Waals surface area contributed by atoms with E-state index in [1.807, 2.05) is 46.8 Å². The first-order chi connectivity index (χ1) is 24.5. The Kier molecular flexibility index (Phi) is 10.8. The lowest BCUT2D eigenvalue weighted by Crippen LogP contribution is -2.36. The summed E-state index contributed by atoms with van der Waals surface area (Å²) in [6.45, 7) is 10.8. The second-order valence-corrected chi connectivity index (χ2v) is 15.1. The molecule has 0 aliphatic carbocycles. The topological polar surface area (TPSA) is 116 Å². The van der Waals surface area contributed by atoms with Crippen LogP contribution in [-0.4, -0.2) is 66.7 Å². The molecule has 0 radical (unpaired) electrons. The number of amides is 2. The summed E-state index contributed by atoms with van der Waals surface area (Å²) in [7, 11) is 0. The molecule has 2 aliphatic rings. The van der Waals surface area contributed by atoms with Gasteiger partial charge >= 0.3 is 12.2 Å². The molecule has 2 saturated heterocycles. The van der Waals surface area contributed by atoms with Gasteiger partial charge in [-0.2, -0.15) is 27.0 Å². The number of fused-ring (bicyclic) bond motifs is 3. The van der Waals surface area contributed by atoms with E-state index in [1.54, 1.807) is 9.80 Å². The van der Waals surface area contributed by atoms with E-state index in [-0.39, 0.29) is 57.4 Å². The monoisotopic (exact) mass is 752 g/mol. The fraction of sp³-hybridized carbons (Fsp3) is 0.366. The summed E-state index contributed by atoms with van der Waals surface area (Å²) >= 11 is 0. The van der Waals surface area contributed by atoms with E-state index in [0.29, 0.717) is 13.1 Å². The molecule has 0 unspecified atom stereocenters. The average molecular weight is 753 g/mol. The Morgan fingerprint density at radius 3 is 1.57 bits per heavy atom. The van der Waals surface area contributed by atoms with Gasteiger partial charge in [0.2, 0.25) is 0 Å². The summed E-state index contributed by atoms with van der Waals surface area (Å²) in [5.41, 5.74) is 7.55. The average Bonchev–Trinajstić information content (AvgIpc) is 3.91. The van der Waals surface area contributed by atoms with Gasteiger partial charge in [0, 0.05) is 13.1 Å². The Morgan fingerprint density at radius 2 is 1.11 bits per heavy atom. The molecule has 2 N–H and O–H groups in total. The van der Waals surface area contributed by atoms with E-state index >= 15 is 0 Å². The molecule has 278 valence electrons. The van der Waals surface area contributed by atoms with Gasteiger partial charge in [-0.1, -0.05) is 36.4 Å². The largest absolute Gasteiger partial charge is 0.447 e. The Labute approximate surface area is 323 Å². The van der Waals surface area contributed by atoms with Crippen molar-refractivity contribution >= 4 is 72.0 Å². The summed E-state index contributed by atoms with van der Waals surface area (Å²) in [5, 5.41) is 2.31. The molecule has 4 aromatic carbocycles. The van der Waals surface area contributed by atoms with E-state index in [2.05, 4.69) is 70.6 Å². The SMILES string of the molecule is CC(C)OC(=O)N1CCC[C@H]1c1nc2ccc(-c3ccc4cc(-c5ccc6nc([C@@H]7CCCN7C(=O)OC(C)(C)C)[nH]c6c5)ccc4c3)cc2[nH]1.S.S. The third kappa shape index (κ3) is 7.70. The molecule has 2 aliphatic heterocycles. The number of rotatable bonds is 5. The number of carbonyl (C=O) groups excluding carboxylic acids is 2. The Morgan fingerprint density at radius 1 is 0.679 bits per heavy atom. The standard InChI is InChI=1S/C41H44N6O4.2H2S/c1-24(2)50-39(48)46-18-6-8-35(46)37-42-31-16-14-29(22-33(31)44-37)27-12-10-26-21-28(13-11-25(26)20-27)30-15-17-32-34(23-30)45-38(43-32)36-9-7-19-47(36)40(49)51-41(3,4)5;;/h10-17,20-24,35-36H,6-9,18-19H2,1-5H3,(H,42,44)(H,43,45);2*1H2/t35-,36-;;/m0../s1. The molecule has 0 bridgehead atoms. The molecule has 6 aromatic rings. The van der Waals surface area contributed by atoms with E-state index in [4.69, 9.17) is 19.4 Å². The number of imidazole rings is 2. The van der Waals surface area contributed by atoms with Crippen molar-refractivity contribution in [3.05, 3.63) is 84.4 Å². The highest BCUT2D eigenvalue weighted by molar-refractivity contribution is 7.59. The summed E-state index contributed by atoms with van der Waals surface area (Å²) < 4.78 is 11.2. The zero-order valence-corrected chi connectivity index (χ0v) is 32.8. The molecule has 8 rings (SSSR count). The minimum atomic E-state index is -0.543. The van der Waals surface area contributed by atoms with Crippen LogP contribution in [0.25, 0.3) is 55.1 Å². The molecule has 4 heterocycles. The van der Waals surface area contributed by atoms with Crippen molar-refractivity contribution in [1.82, 2.24) is 29.7 Å². The number of hydrogen-bond acceptors (Lipinski definition) is 6. The van der Waals surface area contributed by atoms with Crippen molar-refractivity contribution < 1.29 is 19.1 Å². The Balaban J connectivity index is 0.00000240. The number of hydrogen-bond donors (Lipinski definition) is 2. The van der Waals surface area contributed by atoms with Gasteiger partial charge in [0.1, 0.15) is 17.2 Å². The first kappa shape index (κ1) is 38.1. The van der Waals surface area contributed by atoms with E-state index in [0.717, 1.165) is 92.4 Å². The number of aromatic amines is 2. The van der Waals surface area contributed by atoms with Gasteiger partial charge in [-0.25, -0.2) is 19.6 Å². The number of carbonyl (C=O) groups is 2. The molecule has 0 spiro atoms. The maximum atomic E-state index is 12.9. The molecule has 2 aromatic heterocycles. The van der Waals surface area contributed by atoms with Crippen molar-refractivity contribution in [2.24, 2.45) is 0 Å². The van der Waals surface area contributed by atoms with E-state index in [9.17, 15) is 9.59 Å². The lowest BCUT2D eigenvalue weighted by Gasteiger charge is -2.27. The van der Waals surface area contributed by atoms with Crippen LogP contribution in [0.4, 0.5) is 9.59 Å². The van der Waals surface area contributed by atoms with Gasteiger partial charge in [-0.05, 0) is 130 Å². The third-order valence-corrected chi connectivity index (χ3v) is 9.84. The van der Waals surface area contributed by atoms with Crippen LogP contribution in [-0.2, 0) is 9.47 Å². The highest BCUT2D eigenvalue weighted by atomic mass is 32.1. The molecule has 10 nitrogen and oxygen atoms in total. The number of ether oxygens (including phenoxy) is 2. The fourth-order valence-corrected chi connectivity index (χ4v) is 7.47. The lowest BCUT2D eigenvalue weighted by molar-refractivity contribution is 0.0218. The summed E-state index contributed by atoms with van der Waals surface area (Å²) in [5.74, 6) is 1.60. The minimum absolute atomic E-state index is 0. The van der Waals surface area contributed by atoms with Gasteiger partial charge in [0.25, 0.3) is 0 Å². The second kappa shape index (κ2) is 15.0. The van der Waals surface area contributed by atoms with E-state index in [1.165, 1.54) is 0 Å². The summed E-state index contributed by atoms with van der Waals surface area (Å²) in [6.07, 6.45) is 2.82. The van der Waals surface area contributed by atoms with Gasteiger partial charge in [0.15, 0.2) is 0 Å². The fourth-order valence-electron chi connectivity index (χ4n) is 7.47. The molecule has 2 atom stereocenters. The third-order valence-electron chi connectivity index (χ3n) is 9.84. The molecule has 2 amide bonds. The quantitative estimate of drug-likeness (QED) is 0.181. The smallest absolute Gasteiger partial charge is 0.410 e. The minimum Gasteiger partial charge on any atom is -0.447 e. The number of benzene rings is 4. The normalized spacial score (nSPS) is 17.4. The van der Waals surface area contributed by atoms with Crippen molar-refractivity contribution in [2.45, 2.75) is 84.1 Å². The van der Waals surface area contributed by atoms with Crippen LogP contribution >= 0.6 is 27.0 Å². The zero-order chi connectivity index (χ0) is 35.4. The maximum absolute atomic E-state index is 12.9. The number of nitrogens with one attached hydrogen (secondary N) is 2. The van der Waals surface area contributed by atoms with Crippen molar-refractivity contribution in [1.29, 1.82) is 0 Å². The number of H-pyrrole nitrogens is 2. The van der Waals surface area contributed by atoms with Crippen molar-refractivity contribution in [2.75, 3.05) is 13.1 Å². The lowest BCUT2D eigenvalue weighted by atomic mass is 9.97. The van der Waals surface area contributed by atoms with Crippen molar-refractivity contribution in [3.8, 4) is 22.3 Å². The van der Waals surface area contributed by atoms with E-state index < -0.39 is 5.60 Å². The van der Waals surface area contributed by atoms with Crippen LogP contribution in [0.2, 0.25) is 0 Å². The Bertz CT molecular complexity index is 2290. The second-order valence-electron chi connectivity index (χ2n) is 15.1. The zero-order valence-electron chi connectivity index (χ0n) is 30.8. The van der Waals surface area contributed by atoms with Crippen molar-refractivity contribution in [3.63, 3.8) is 0 Å². The predicted molar refractivity (Wildman–Crippen MR) is 220 cm³/mol. The predicted octanol–water partition coefficient (Wildman–Crippen LogP) is 9.91. The van der Waals surface area contributed by atoms with Gasteiger partial charge < -0.3 is 19.4 Å². The molecule has 2 fully saturated rings. The molecule has 12 heteroatoms. The Hall–Kier alpha value is -4.68. The molecule has 53 heavy (non-hydrogen) atoms. The highest BCUT2D eigenvalue weighted by Gasteiger charge is 2.35. The first-order valence-electron chi connectivity index (χ1n) is 18.0. The first-order valence-corrected chi connectivity index (χ1v) is 18.0. The van der Waals surface area contributed by atoms with Gasteiger partial charge in [0.05, 0.1) is 40.3 Å². The van der Waals surface area contributed by atoms with Crippen LogP contribution in [0.5, 0.6) is 0 Å². The summed E-state index contributed by atoms with van der Waals surface area (Å²) in [6, 6.07) is 25.5. The maximum Gasteiger partial charge on any atom is 0.410 e. The summed E-state index contributed by atoms with van der Waals surface area (Å²) in [4.78, 5) is 45.9. The van der Waals surface area contributed by atoms with Gasteiger partial charge in [-0.3, -0.25) is 9.80 Å².